The predicted octanol–water partition coefficient (Wildman–Crippen LogP) is 4.36. The summed E-state index contributed by atoms with van der Waals surface area (Å²) in [6.07, 6.45) is 6.25. The summed E-state index contributed by atoms with van der Waals surface area (Å²) >= 11 is 0. The van der Waals surface area contributed by atoms with E-state index < -0.39 is 0 Å². The van der Waals surface area contributed by atoms with E-state index in [2.05, 4.69) is 53.3 Å². The monoisotopic (exact) mass is 305 g/mol. The van der Waals surface area contributed by atoms with Gasteiger partial charge in [0.1, 0.15) is 0 Å². The zero-order valence-electron chi connectivity index (χ0n) is 13.9. The highest BCUT2D eigenvalue weighted by Crippen LogP contribution is 2.40. The van der Waals surface area contributed by atoms with Gasteiger partial charge in [0.15, 0.2) is 0 Å². The Labute approximate surface area is 138 Å². The highest BCUT2D eigenvalue weighted by Gasteiger charge is 2.35. The van der Waals surface area contributed by atoms with Gasteiger partial charge in [-0.05, 0) is 49.1 Å². The first-order valence-corrected chi connectivity index (χ1v) is 8.27. The van der Waals surface area contributed by atoms with E-state index in [9.17, 15) is 5.26 Å². The second-order valence-corrected chi connectivity index (χ2v) is 6.61. The Kier molecular flexibility index (Phi) is 4.34. The fourth-order valence-corrected chi connectivity index (χ4v) is 3.44. The molecule has 3 heteroatoms. The lowest BCUT2D eigenvalue weighted by atomic mass is 9.80. The van der Waals surface area contributed by atoms with Crippen LogP contribution in [0.2, 0.25) is 0 Å². The van der Waals surface area contributed by atoms with Crippen molar-refractivity contribution in [3.63, 3.8) is 0 Å². The van der Waals surface area contributed by atoms with Crippen LogP contribution in [0.5, 0.6) is 0 Å². The van der Waals surface area contributed by atoms with E-state index >= 15 is 0 Å². The van der Waals surface area contributed by atoms with Crippen molar-refractivity contribution in [3.8, 4) is 6.07 Å². The molecule has 0 unspecified atom stereocenters. The van der Waals surface area contributed by atoms with Crippen molar-refractivity contribution in [2.24, 2.45) is 0 Å². The van der Waals surface area contributed by atoms with E-state index in [1.54, 1.807) is 0 Å². The van der Waals surface area contributed by atoms with Crippen LogP contribution < -0.4 is 4.90 Å². The van der Waals surface area contributed by atoms with Crippen molar-refractivity contribution in [2.45, 2.75) is 44.6 Å². The number of nitriles is 1. The van der Waals surface area contributed by atoms with Crippen LogP contribution in [-0.4, -0.2) is 12.0 Å². The van der Waals surface area contributed by atoms with Gasteiger partial charge in [-0.3, -0.25) is 4.98 Å². The maximum Gasteiger partial charge on any atom is 0.0822 e. The molecular formula is C20H23N3. The maximum absolute atomic E-state index is 9.60. The molecule has 1 aromatic carbocycles. The zero-order chi connectivity index (χ0) is 16.3. The summed E-state index contributed by atoms with van der Waals surface area (Å²) in [4.78, 5) is 6.56. The largest absolute Gasteiger partial charge is 0.370 e. The molecule has 0 N–H and O–H groups in total. The van der Waals surface area contributed by atoms with Crippen LogP contribution in [0.4, 0.5) is 5.69 Å². The lowest BCUT2D eigenvalue weighted by Gasteiger charge is -2.23. The number of aryl methyl sites for hydroxylation is 1. The van der Waals surface area contributed by atoms with Crippen molar-refractivity contribution in [3.05, 3.63) is 59.4 Å². The molecule has 1 aliphatic rings. The molecule has 0 radical (unpaired) electrons. The van der Waals surface area contributed by atoms with Gasteiger partial charge in [-0.2, -0.15) is 5.26 Å². The van der Waals surface area contributed by atoms with Crippen LogP contribution in [0.15, 0.2) is 42.6 Å². The molecule has 118 valence electrons. The number of hydrogen-bond acceptors (Lipinski definition) is 3. The molecule has 0 saturated heterocycles. The molecule has 1 aromatic heterocycles. The first-order valence-electron chi connectivity index (χ1n) is 8.27. The highest BCUT2D eigenvalue weighted by atomic mass is 15.1. The van der Waals surface area contributed by atoms with Crippen molar-refractivity contribution >= 4 is 5.69 Å². The lowest BCUT2D eigenvalue weighted by molar-refractivity contribution is 0.573. The Morgan fingerprint density at radius 3 is 2.39 bits per heavy atom. The van der Waals surface area contributed by atoms with Gasteiger partial charge < -0.3 is 4.90 Å². The van der Waals surface area contributed by atoms with Crippen molar-refractivity contribution < 1.29 is 0 Å². The van der Waals surface area contributed by atoms with Gasteiger partial charge in [0.25, 0.3) is 0 Å². The minimum absolute atomic E-state index is 0.252. The Morgan fingerprint density at radius 2 is 1.83 bits per heavy atom. The number of rotatable bonds is 4. The van der Waals surface area contributed by atoms with Gasteiger partial charge in [0.2, 0.25) is 0 Å². The molecule has 23 heavy (non-hydrogen) atoms. The molecule has 0 amide bonds. The van der Waals surface area contributed by atoms with E-state index in [4.69, 9.17) is 0 Å². The van der Waals surface area contributed by atoms with Crippen LogP contribution >= 0.6 is 0 Å². The quantitative estimate of drug-likeness (QED) is 0.842. The van der Waals surface area contributed by atoms with Gasteiger partial charge in [0, 0.05) is 31.2 Å². The first kappa shape index (κ1) is 15.6. The Morgan fingerprint density at radius 1 is 1.13 bits per heavy atom. The third-order valence-electron chi connectivity index (χ3n) is 4.92. The van der Waals surface area contributed by atoms with Gasteiger partial charge in [-0.1, -0.05) is 31.0 Å². The number of pyridine rings is 1. The molecule has 1 aliphatic carbocycles. The predicted molar refractivity (Wildman–Crippen MR) is 93.3 cm³/mol. The van der Waals surface area contributed by atoms with Crippen LogP contribution in [0.3, 0.4) is 0 Å². The van der Waals surface area contributed by atoms with Crippen LogP contribution in [-0.2, 0) is 12.0 Å². The second-order valence-electron chi connectivity index (χ2n) is 6.61. The SMILES string of the molecule is Cc1ccc(CN(C)c2ccc(C3(C#N)CCCC3)cc2)cn1. The van der Waals surface area contributed by atoms with Crippen molar-refractivity contribution in [1.29, 1.82) is 5.26 Å². The molecule has 0 aliphatic heterocycles. The summed E-state index contributed by atoms with van der Waals surface area (Å²) in [5, 5.41) is 9.60. The fraction of sp³-hybridized carbons (Fsp3) is 0.400. The summed E-state index contributed by atoms with van der Waals surface area (Å²) in [5.41, 5.74) is 4.33. The molecular weight excluding hydrogens is 282 g/mol. The number of benzene rings is 1. The first-order chi connectivity index (χ1) is 11.1. The fourth-order valence-electron chi connectivity index (χ4n) is 3.44. The third kappa shape index (κ3) is 3.22. The topological polar surface area (TPSA) is 39.9 Å². The highest BCUT2D eigenvalue weighted by molar-refractivity contribution is 5.49. The number of nitrogens with zero attached hydrogens (tertiary/aromatic N) is 3. The molecule has 3 nitrogen and oxygen atoms in total. The van der Waals surface area contributed by atoms with Gasteiger partial charge in [0.05, 0.1) is 11.5 Å². The van der Waals surface area contributed by atoms with Crippen molar-refractivity contribution in [2.75, 3.05) is 11.9 Å². The normalized spacial score (nSPS) is 16.0. The standard InChI is InChI=1S/C20H23N3/c1-16-5-6-17(13-22-16)14-23(2)19-9-7-18(8-10-19)20(15-21)11-3-4-12-20/h5-10,13H,3-4,11-12,14H2,1-2H3. The van der Waals surface area contributed by atoms with Gasteiger partial charge in [-0.25, -0.2) is 0 Å². The summed E-state index contributed by atoms with van der Waals surface area (Å²) < 4.78 is 0. The molecule has 1 heterocycles. The molecule has 3 rings (SSSR count). The number of aromatic nitrogens is 1. The van der Waals surface area contributed by atoms with Crippen LogP contribution in [0.1, 0.15) is 42.5 Å². The minimum atomic E-state index is -0.252. The summed E-state index contributed by atoms with van der Waals surface area (Å²) in [6.45, 7) is 2.83. The average molecular weight is 305 g/mol. The molecule has 0 spiro atoms. The van der Waals surface area contributed by atoms with E-state index in [0.29, 0.717) is 0 Å². The van der Waals surface area contributed by atoms with Gasteiger partial charge >= 0.3 is 0 Å². The molecule has 0 atom stereocenters. The summed E-state index contributed by atoms with van der Waals surface area (Å²) in [6, 6.07) is 15.3. The summed E-state index contributed by atoms with van der Waals surface area (Å²) in [5.74, 6) is 0. The molecule has 1 saturated carbocycles. The summed E-state index contributed by atoms with van der Waals surface area (Å²) in [7, 11) is 2.09. The molecule has 0 bridgehead atoms. The smallest absolute Gasteiger partial charge is 0.0822 e. The Hall–Kier alpha value is -2.34. The molecule has 1 fully saturated rings. The third-order valence-corrected chi connectivity index (χ3v) is 4.92. The van der Waals surface area contributed by atoms with Gasteiger partial charge in [-0.15, -0.1) is 0 Å². The minimum Gasteiger partial charge on any atom is -0.370 e. The second kappa shape index (κ2) is 6.42. The number of hydrogen-bond donors (Lipinski definition) is 0. The molecule has 2 aromatic rings. The average Bonchev–Trinajstić information content (AvgIpc) is 3.07. The Bertz CT molecular complexity index is 689. The Balaban J connectivity index is 1.74. The zero-order valence-corrected chi connectivity index (χ0v) is 13.9. The lowest BCUT2D eigenvalue weighted by Crippen LogP contribution is -2.20. The van der Waals surface area contributed by atoms with Crippen LogP contribution in [0, 0.1) is 18.3 Å². The van der Waals surface area contributed by atoms with E-state index in [1.165, 1.54) is 16.8 Å². The number of anilines is 1. The van der Waals surface area contributed by atoms with E-state index in [-0.39, 0.29) is 5.41 Å². The van der Waals surface area contributed by atoms with E-state index in [1.807, 2.05) is 19.2 Å². The maximum atomic E-state index is 9.60. The van der Waals surface area contributed by atoms with Crippen molar-refractivity contribution in [1.82, 2.24) is 4.98 Å². The van der Waals surface area contributed by atoms with Crippen LogP contribution in [0.25, 0.3) is 0 Å². The van der Waals surface area contributed by atoms with E-state index in [0.717, 1.165) is 37.9 Å².